The van der Waals surface area contributed by atoms with Crippen molar-refractivity contribution in [2.24, 2.45) is 0 Å². The zero-order valence-corrected chi connectivity index (χ0v) is 19.0. The number of benzene rings is 1. The van der Waals surface area contributed by atoms with E-state index < -0.39 is 5.97 Å². The van der Waals surface area contributed by atoms with Crippen molar-refractivity contribution in [2.45, 2.75) is 59.8 Å². The minimum atomic E-state index is -0.397. The van der Waals surface area contributed by atoms with Gasteiger partial charge < -0.3 is 14.8 Å². The molecule has 0 saturated carbocycles. The fraction of sp³-hybridized carbons (Fsp3) is 0.478. The number of aryl methyl sites for hydroxylation is 1. The summed E-state index contributed by atoms with van der Waals surface area (Å²) in [6.45, 7) is 12.8. The van der Waals surface area contributed by atoms with Crippen LogP contribution in [-0.4, -0.2) is 25.1 Å². The highest BCUT2D eigenvalue weighted by Crippen LogP contribution is 2.33. The van der Waals surface area contributed by atoms with Gasteiger partial charge in [0.25, 0.3) is 0 Å². The monoisotopic (exact) mass is 417 g/mol. The topological polar surface area (TPSA) is 64.6 Å². The van der Waals surface area contributed by atoms with Gasteiger partial charge in [0, 0.05) is 11.3 Å². The van der Waals surface area contributed by atoms with Crippen LogP contribution in [0.2, 0.25) is 0 Å². The standard InChI is InChI=1S/C23H31NO4S/c1-7-27-22(26)20-15(2)16(3)29-21(20)24-19(25)9-8-14-28-18-12-10-17(11-13-18)23(4,5)6/h10-13H,7-9,14H2,1-6H3,(H,24,25). The number of esters is 1. The highest BCUT2D eigenvalue weighted by molar-refractivity contribution is 7.16. The fourth-order valence-electron chi connectivity index (χ4n) is 2.83. The smallest absolute Gasteiger partial charge is 0.341 e. The first-order valence-electron chi connectivity index (χ1n) is 9.93. The Balaban J connectivity index is 1.85. The second kappa shape index (κ2) is 9.92. The zero-order chi connectivity index (χ0) is 21.6. The minimum Gasteiger partial charge on any atom is -0.494 e. The molecule has 0 aliphatic carbocycles. The summed E-state index contributed by atoms with van der Waals surface area (Å²) in [5.74, 6) is 0.266. The van der Waals surface area contributed by atoms with E-state index >= 15 is 0 Å². The normalized spacial score (nSPS) is 11.2. The molecule has 6 heteroatoms. The number of rotatable bonds is 8. The molecule has 0 unspecified atom stereocenters. The number of hydrogen-bond acceptors (Lipinski definition) is 5. The van der Waals surface area contributed by atoms with Crippen molar-refractivity contribution in [1.29, 1.82) is 0 Å². The summed E-state index contributed by atoms with van der Waals surface area (Å²) in [5.41, 5.74) is 2.67. The molecule has 5 nitrogen and oxygen atoms in total. The Kier molecular flexibility index (Phi) is 7.85. The van der Waals surface area contributed by atoms with Crippen molar-refractivity contribution in [3.63, 3.8) is 0 Å². The molecule has 158 valence electrons. The summed E-state index contributed by atoms with van der Waals surface area (Å²) in [6.07, 6.45) is 0.906. The van der Waals surface area contributed by atoms with E-state index in [4.69, 9.17) is 9.47 Å². The van der Waals surface area contributed by atoms with Gasteiger partial charge in [-0.2, -0.15) is 0 Å². The van der Waals surface area contributed by atoms with Gasteiger partial charge in [0.15, 0.2) is 0 Å². The molecule has 1 aromatic carbocycles. The van der Waals surface area contributed by atoms with Gasteiger partial charge in [0.05, 0.1) is 18.8 Å². The highest BCUT2D eigenvalue weighted by Gasteiger charge is 2.22. The summed E-state index contributed by atoms with van der Waals surface area (Å²) < 4.78 is 10.9. The molecule has 1 N–H and O–H groups in total. The average molecular weight is 418 g/mol. The number of ether oxygens (including phenoxy) is 2. The number of nitrogens with one attached hydrogen (secondary N) is 1. The predicted octanol–water partition coefficient (Wildman–Crippen LogP) is 5.64. The number of thiophene rings is 1. The van der Waals surface area contributed by atoms with E-state index in [1.54, 1.807) is 6.92 Å². The molecular formula is C23H31NO4S. The third kappa shape index (κ3) is 6.32. The summed E-state index contributed by atoms with van der Waals surface area (Å²) >= 11 is 1.40. The van der Waals surface area contributed by atoms with Crippen LogP contribution in [0.15, 0.2) is 24.3 Å². The van der Waals surface area contributed by atoms with Gasteiger partial charge in [-0.15, -0.1) is 11.3 Å². The average Bonchev–Trinajstić information content (AvgIpc) is 2.92. The maximum atomic E-state index is 12.3. The number of carbonyl (C=O) groups excluding carboxylic acids is 2. The van der Waals surface area contributed by atoms with Crippen molar-refractivity contribution in [3.8, 4) is 5.75 Å². The molecule has 0 fully saturated rings. The summed E-state index contributed by atoms with van der Waals surface area (Å²) in [7, 11) is 0. The Labute approximate surface area is 177 Å². The number of anilines is 1. The van der Waals surface area contributed by atoms with Crippen molar-refractivity contribution < 1.29 is 19.1 Å². The first-order chi connectivity index (χ1) is 13.6. The van der Waals surface area contributed by atoms with Crippen LogP contribution in [0.4, 0.5) is 5.00 Å². The van der Waals surface area contributed by atoms with Crippen LogP contribution in [0.25, 0.3) is 0 Å². The molecule has 0 saturated heterocycles. The summed E-state index contributed by atoms with van der Waals surface area (Å²) in [4.78, 5) is 25.5. The van der Waals surface area contributed by atoms with E-state index in [9.17, 15) is 9.59 Å². The van der Waals surface area contributed by atoms with Gasteiger partial charge in [-0.1, -0.05) is 32.9 Å². The summed E-state index contributed by atoms with van der Waals surface area (Å²) in [5, 5.41) is 3.41. The first kappa shape index (κ1) is 22.9. The lowest BCUT2D eigenvalue weighted by Gasteiger charge is -2.19. The molecule has 29 heavy (non-hydrogen) atoms. The molecule has 1 aromatic heterocycles. The van der Waals surface area contributed by atoms with Gasteiger partial charge in [0.2, 0.25) is 5.91 Å². The molecule has 0 radical (unpaired) electrons. The molecule has 0 spiro atoms. The van der Waals surface area contributed by atoms with Crippen molar-refractivity contribution in [3.05, 3.63) is 45.8 Å². The Hall–Kier alpha value is -2.34. The van der Waals surface area contributed by atoms with Gasteiger partial charge in [0.1, 0.15) is 10.8 Å². The second-order valence-electron chi connectivity index (χ2n) is 7.98. The Morgan fingerprint density at radius 2 is 1.76 bits per heavy atom. The van der Waals surface area contributed by atoms with E-state index in [1.165, 1.54) is 16.9 Å². The lowest BCUT2D eigenvalue weighted by Crippen LogP contribution is -2.15. The number of amides is 1. The van der Waals surface area contributed by atoms with Crippen molar-refractivity contribution in [2.75, 3.05) is 18.5 Å². The Bertz CT molecular complexity index is 847. The SMILES string of the molecule is CCOC(=O)c1c(NC(=O)CCCOc2ccc(C(C)(C)C)cc2)sc(C)c1C. The predicted molar refractivity (Wildman–Crippen MR) is 118 cm³/mol. The molecule has 0 bridgehead atoms. The van der Waals surface area contributed by atoms with Crippen LogP contribution in [0.1, 0.15) is 66.9 Å². The third-order valence-corrected chi connectivity index (χ3v) is 5.78. The maximum absolute atomic E-state index is 12.3. The lowest BCUT2D eigenvalue weighted by molar-refractivity contribution is -0.116. The van der Waals surface area contributed by atoms with Crippen molar-refractivity contribution in [1.82, 2.24) is 0 Å². The van der Waals surface area contributed by atoms with Gasteiger partial charge in [-0.25, -0.2) is 4.79 Å². The number of carbonyl (C=O) groups is 2. The zero-order valence-electron chi connectivity index (χ0n) is 18.2. The number of hydrogen-bond donors (Lipinski definition) is 1. The quantitative estimate of drug-likeness (QED) is 0.446. The van der Waals surface area contributed by atoms with Crippen LogP contribution in [0.3, 0.4) is 0 Å². The molecule has 0 aliphatic heterocycles. The molecule has 0 atom stereocenters. The van der Waals surface area contributed by atoms with Gasteiger partial charge >= 0.3 is 5.97 Å². The van der Waals surface area contributed by atoms with E-state index in [2.05, 4.69) is 38.2 Å². The molecular weight excluding hydrogens is 386 g/mol. The van der Waals surface area contributed by atoms with Crippen LogP contribution in [-0.2, 0) is 14.9 Å². The minimum absolute atomic E-state index is 0.109. The molecule has 2 aromatic rings. The largest absolute Gasteiger partial charge is 0.494 e. The highest BCUT2D eigenvalue weighted by atomic mass is 32.1. The summed E-state index contributed by atoms with van der Waals surface area (Å²) in [6, 6.07) is 8.06. The van der Waals surface area contributed by atoms with Crippen LogP contribution < -0.4 is 10.1 Å². The molecule has 1 amide bonds. The molecule has 2 rings (SSSR count). The van der Waals surface area contributed by atoms with E-state index in [0.717, 1.165) is 16.2 Å². The van der Waals surface area contributed by atoms with Gasteiger partial charge in [-0.05, 0) is 55.9 Å². The molecule has 1 heterocycles. The van der Waals surface area contributed by atoms with Crippen LogP contribution >= 0.6 is 11.3 Å². The first-order valence-corrected chi connectivity index (χ1v) is 10.8. The van der Waals surface area contributed by atoms with E-state index in [1.807, 2.05) is 26.0 Å². The molecule has 0 aliphatic rings. The van der Waals surface area contributed by atoms with Crippen LogP contribution in [0, 0.1) is 13.8 Å². The van der Waals surface area contributed by atoms with E-state index in [0.29, 0.717) is 36.6 Å². The second-order valence-corrected chi connectivity index (χ2v) is 9.21. The third-order valence-electron chi connectivity index (χ3n) is 4.66. The van der Waals surface area contributed by atoms with Crippen molar-refractivity contribution >= 4 is 28.2 Å². The maximum Gasteiger partial charge on any atom is 0.341 e. The Morgan fingerprint density at radius 1 is 1.10 bits per heavy atom. The Morgan fingerprint density at radius 3 is 2.34 bits per heavy atom. The fourth-order valence-corrected chi connectivity index (χ4v) is 3.89. The van der Waals surface area contributed by atoms with E-state index in [-0.39, 0.29) is 11.3 Å². The van der Waals surface area contributed by atoms with Gasteiger partial charge in [-0.3, -0.25) is 4.79 Å². The lowest BCUT2D eigenvalue weighted by atomic mass is 9.87. The van der Waals surface area contributed by atoms with Crippen LogP contribution in [0.5, 0.6) is 5.75 Å².